The van der Waals surface area contributed by atoms with Gasteiger partial charge >= 0.3 is 5.97 Å². The number of hydrogen-bond donors (Lipinski definition) is 1. The van der Waals surface area contributed by atoms with E-state index < -0.39 is 0 Å². The Bertz CT molecular complexity index is 253. The number of esters is 1. The highest BCUT2D eigenvalue weighted by Crippen LogP contribution is 2.29. The van der Waals surface area contributed by atoms with Gasteiger partial charge < -0.3 is 10.1 Å². The third kappa shape index (κ3) is 3.98. The fourth-order valence-corrected chi connectivity index (χ4v) is 2.80. The highest BCUT2D eigenvalue weighted by atomic mass is 16.5. The summed E-state index contributed by atoms with van der Waals surface area (Å²) < 4.78 is 4.87. The van der Waals surface area contributed by atoms with E-state index in [1.165, 1.54) is 26.4 Å². The van der Waals surface area contributed by atoms with Crippen molar-refractivity contribution in [3.63, 3.8) is 0 Å². The van der Waals surface area contributed by atoms with Crippen LogP contribution in [0.2, 0.25) is 0 Å². The zero-order chi connectivity index (χ0) is 13.0. The molecule has 17 heavy (non-hydrogen) atoms. The van der Waals surface area contributed by atoms with Crippen molar-refractivity contribution >= 4 is 5.97 Å². The summed E-state index contributed by atoms with van der Waals surface area (Å²) in [4.78, 5) is 11.7. The highest BCUT2D eigenvalue weighted by molar-refractivity contribution is 5.75. The molecule has 0 heterocycles. The van der Waals surface area contributed by atoms with Crippen molar-refractivity contribution in [3.8, 4) is 0 Å². The molecule has 0 saturated heterocycles. The summed E-state index contributed by atoms with van der Waals surface area (Å²) in [7, 11) is 1.46. The Balaban J connectivity index is 2.58. The first kappa shape index (κ1) is 14.5. The molecule has 0 aromatic rings. The number of carbonyl (C=O) groups excluding carboxylic acids is 1. The van der Waals surface area contributed by atoms with Gasteiger partial charge in [0.05, 0.1) is 7.11 Å². The number of nitrogens with one attached hydrogen (secondary N) is 1. The number of methoxy groups -OCH3 is 1. The van der Waals surface area contributed by atoms with Gasteiger partial charge in [-0.1, -0.05) is 27.7 Å². The molecule has 0 aromatic carbocycles. The Hall–Kier alpha value is -0.570. The second kappa shape index (κ2) is 6.39. The van der Waals surface area contributed by atoms with Crippen LogP contribution >= 0.6 is 0 Å². The summed E-state index contributed by atoms with van der Waals surface area (Å²) in [5.74, 6) is 1.60. The first-order valence-corrected chi connectivity index (χ1v) is 6.79. The van der Waals surface area contributed by atoms with Crippen LogP contribution in [-0.2, 0) is 9.53 Å². The maximum Gasteiger partial charge on any atom is 0.323 e. The van der Waals surface area contributed by atoms with Crippen molar-refractivity contribution in [2.24, 2.45) is 17.8 Å². The van der Waals surface area contributed by atoms with Crippen LogP contribution in [0, 0.1) is 17.8 Å². The van der Waals surface area contributed by atoms with Crippen molar-refractivity contribution in [3.05, 3.63) is 0 Å². The third-order valence-electron chi connectivity index (χ3n) is 3.95. The van der Waals surface area contributed by atoms with E-state index in [0.29, 0.717) is 12.0 Å². The monoisotopic (exact) mass is 241 g/mol. The van der Waals surface area contributed by atoms with Crippen LogP contribution in [-0.4, -0.2) is 25.2 Å². The molecule has 4 atom stereocenters. The zero-order valence-electron chi connectivity index (χ0n) is 11.8. The van der Waals surface area contributed by atoms with E-state index in [2.05, 4.69) is 33.0 Å². The van der Waals surface area contributed by atoms with Gasteiger partial charge in [-0.25, -0.2) is 0 Å². The van der Waals surface area contributed by atoms with Crippen LogP contribution in [0.5, 0.6) is 0 Å². The highest BCUT2D eigenvalue weighted by Gasteiger charge is 2.31. The Morgan fingerprint density at radius 2 is 1.94 bits per heavy atom. The molecule has 0 radical (unpaired) electrons. The lowest BCUT2D eigenvalue weighted by atomic mass is 9.79. The molecule has 100 valence electrons. The van der Waals surface area contributed by atoms with Gasteiger partial charge in [0.1, 0.15) is 6.04 Å². The molecule has 0 aromatic heterocycles. The van der Waals surface area contributed by atoms with Crippen LogP contribution in [0.15, 0.2) is 0 Å². The zero-order valence-corrected chi connectivity index (χ0v) is 11.8. The minimum atomic E-state index is -0.166. The molecule has 0 aliphatic heterocycles. The normalized spacial score (nSPS) is 31.3. The van der Waals surface area contributed by atoms with E-state index in [4.69, 9.17) is 4.74 Å². The third-order valence-corrected chi connectivity index (χ3v) is 3.95. The first-order valence-electron chi connectivity index (χ1n) is 6.79. The summed E-state index contributed by atoms with van der Waals surface area (Å²) >= 11 is 0. The van der Waals surface area contributed by atoms with Gasteiger partial charge in [-0.3, -0.25) is 4.79 Å². The second-order valence-corrected chi connectivity index (χ2v) is 5.91. The number of ether oxygens (including phenoxy) is 1. The van der Waals surface area contributed by atoms with Crippen molar-refractivity contribution in [1.82, 2.24) is 5.32 Å². The van der Waals surface area contributed by atoms with Crippen molar-refractivity contribution in [2.75, 3.05) is 7.11 Å². The molecular formula is C14H27NO2. The maximum absolute atomic E-state index is 11.7. The van der Waals surface area contributed by atoms with Crippen LogP contribution in [0.3, 0.4) is 0 Å². The molecule has 1 N–H and O–H groups in total. The molecule has 0 bridgehead atoms. The van der Waals surface area contributed by atoms with Gasteiger partial charge in [0.15, 0.2) is 0 Å². The lowest BCUT2D eigenvalue weighted by molar-refractivity contribution is -0.144. The molecule has 1 saturated carbocycles. The van der Waals surface area contributed by atoms with Gasteiger partial charge in [-0.05, 0) is 37.0 Å². The fourth-order valence-electron chi connectivity index (χ4n) is 2.80. The Kier molecular flexibility index (Phi) is 5.44. The number of carbonyl (C=O) groups is 1. The van der Waals surface area contributed by atoms with Gasteiger partial charge in [0.25, 0.3) is 0 Å². The Morgan fingerprint density at radius 3 is 2.41 bits per heavy atom. The number of rotatable bonds is 4. The minimum absolute atomic E-state index is 0.133. The van der Waals surface area contributed by atoms with E-state index in [9.17, 15) is 4.79 Å². The van der Waals surface area contributed by atoms with Gasteiger partial charge in [-0.15, -0.1) is 0 Å². The van der Waals surface area contributed by atoms with E-state index in [1.807, 2.05) is 0 Å². The smallest absolute Gasteiger partial charge is 0.323 e. The van der Waals surface area contributed by atoms with E-state index >= 15 is 0 Å². The Labute approximate surface area is 105 Å². The first-order chi connectivity index (χ1) is 7.95. The van der Waals surface area contributed by atoms with Crippen LogP contribution in [0.4, 0.5) is 0 Å². The summed E-state index contributed by atoms with van der Waals surface area (Å²) in [6.45, 7) is 8.71. The molecule has 1 aliphatic rings. The van der Waals surface area contributed by atoms with Gasteiger partial charge in [0.2, 0.25) is 0 Å². The summed E-state index contributed by atoms with van der Waals surface area (Å²) in [6, 6.07) is 0.290. The van der Waals surface area contributed by atoms with Gasteiger partial charge in [-0.2, -0.15) is 0 Å². The Morgan fingerprint density at radius 1 is 1.29 bits per heavy atom. The molecule has 3 nitrogen and oxygen atoms in total. The fraction of sp³-hybridized carbons (Fsp3) is 0.929. The quantitative estimate of drug-likeness (QED) is 0.769. The van der Waals surface area contributed by atoms with Gasteiger partial charge in [0, 0.05) is 6.04 Å². The van der Waals surface area contributed by atoms with E-state index in [0.717, 1.165) is 5.92 Å². The maximum atomic E-state index is 11.7. The van der Waals surface area contributed by atoms with Crippen molar-refractivity contribution in [1.29, 1.82) is 0 Å². The largest absolute Gasteiger partial charge is 0.468 e. The molecule has 0 spiro atoms. The van der Waals surface area contributed by atoms with E-state index in [-0.39, 0.29) is 17.9 Å². The predicted octanol–water partition coefficient (Wildman–Crippen LogP) is 2.60. The lowest BCUT2D eigenvalue weighted by Gasteiger charge is -2.36. The summed E-state index contributed by atoms with van der Waals surface area (Å²) in [5, 5.41) is 3.50. The average Bonchev–Trinajstić information content (AvgIpc) is 2.26. The summed E-state index contributed by atoms with van der Waals surface area (Å²) in [5.41, 5.74) is 0. The van der Waals surface area contributed by atoms with Crippen molar-refractivity contribution in [2.45, 2.75) is 59.0 Å². The number of hydrogen-bond acceptors (Lipinski definition) is 3. The molecule has 1 fully saturated rings. The molecule has 4 unspecified atom stereocenters. The average molecular weight is 241 g/mol. The molecule has 1 aliphatic carbocycles. The molecule has 3 heteroatoms. The minimum Gasteiger partial charge on any atom is -0.468 e. The molecular weight excluding hydrogens is 214 g/mol. The molecule has 1 rings (SSSR count). The van der Waals surface area contributed by atoms with Crippen molar-refractivity contribution < 1.29 is 9.53 Å². The van der Waals surface area contributed by atoms with Crippen LogP contribution in [0.1, 0.15) is 47.0 Å². The standard InChI is InChI=1S/C14H27NO2/c1-9(2)13(14(16)17-5)15-12-7-6-10(3)8-11(12)4/h9-13,15H,6-8H2,1-5H3. The predicted molar refractivity (Wildman–Crippen MR) is 69.7 cm³/mol. The topological polar surface area (TPSA) is 38.3 Å². The molecule has 0 amide bonds. The van der Waals surface area contributed by atoms with E-state index in [1.54, 1.807) is 0 Å². The van der Waals surface area contributed by atoms with Crippen LogP contribution in [0.25, 0.3) is 0 Å². The van der Waals surface area contributed by atoms with Crippen LogP contribution < -0.4 is 5.32 Å². The second-order valence-electron chi connectivity index (χ2n) is 5.91. The summed E-state index contributed by atoms with van der Waals surface area (Å²) in [6.07, 6.45) is 3.68. The lowest BCUT2D eigenvalue weighted by Crippen LogP contribution is -2.50. The SMILES string of the molecule is COC(=O)C(NC1CCC(C)CC1C)C(C)C.